The lowest BCUT2D eigenvalue weighted by molar-refractivity contribution is -0.145. The van der Waals surface area contributed by atoms with E-state index in [0.717, 1.165) is 38.5 Å². The van der Waals surface area contributed by atoms with Crippen LogP contribution in [0.4, 0.5) is 0 Å². The number of carboxylic acids is 2. The van der Waals surface area contributed by atoms with Crippen molar-refractivity contribution in [2.45, 2.75) is 59.2 Å². The minimum atomic E-state index is -2.37. The Labute approximate surface area is 128 Å². The molecule has 118 valence electrons. The van der Waals surface area contributed by atoms with Crippen molar-refractivity contribution in [3.63, 3.8) is 0 Å². The molecule has 0 spiro atoms. The van der Waals surface area contributed by atoms with Gasteiger partial charge in [-0.15, -0.1) is 0 Å². The lowest BCUT2D eigenvalue weighted by atomic mass is 9.86. The molecular weight excluding hydrogens is 258 g/mol. The Morgan fingerprint density at radius 2 is 1.50 bits per heavy atom. The van der Waals surface area contributed by atoms with Gasteiger partial charge in [-0.05, 0) is 37.6 Å². The summed E-state index contributed by atoms with van der Waals surface area (Å²) in [5.41, 5.74) is 3.56. The molecule has 5 nitrogen and oxygen atoms in total. The molecule has 0 saturated heterocycles. The third-order valence-electron chi connectivity index (χ3n) is 3.27. The maximum absolute atomic E-state index is 9.98. The third-order valence-corrected chi connectivity index (χ3v) is 3.27. The Balaban J connectivity index is 0.000000358. The Bertz CT molecular complexity index is 412. The van der Waals surface area contributed by atoms with Gasteiger partial charge in [0, 0.05) is 6.85 Å². The van der Waals surface area contributed by atoms with E-state index in [4.69, 9.17) is 22.8 Å². The van der Waals surface area contributed by atoms with Crippen LogP contribution in [0.5, 0.6) is 0 Å². The van der Waals surface area contributed by atoms with Crippen LogP contribution in [0.25, 0.3) is 0 Å². The highest BCUT2D eigenvalue weighted by Gasteiger charge is 2.24. The van der Waals surface area contributed by atoms with Crippen molar-refractivity contribution in [2.75, 3.05) is 6.50 Å². The molecule has 0 atom stereocenters. The summed E-state index contributed by atoms with van der Waals surface area (Å²) in [6.07, 6.45) is 5.81. The molecule has 2 fully saturated rings. The molecule has 20 heavy (non-hydrogen) atoms. The van der Waals surface area contributed by atoms with E-state index in [2.05, 4.69) is 0 Å². The molecule has 0 aliphatic heterocycles. The van der Waals surface area contributed by atoms with E-state index in [9.17, 15) is 9.59 Å². The Hall–Kier alpha value is -1.10. The Kier molecular flexibility index (Phi) is 5.17. The molecule has 2 aliphatic rings. The minimum Gasteiger partial charge on any atom is -0.481 e. The second kappa shape index (κ2) is 8.95. The van der Waals surface area contributed by atoms with Crippen LogP contribution in [0.15, 0.2) is 0 Å². The molecule has 0 radical (unpaired) electrons. The standard InChI is InChI=1S/C5H13N.2C5H8O2/c1-5(2,3)4-6;2*6-5(7)4-2-1-3-4/h4,6H2,1-3H3;2*4H,1-3H2,(H,6,7)/i1D3,4D2;;. The van der Waals surface area contributed by atoms with Crippen molar-refractivity contribution in [1.29, 1.82) is 0 Å². The van der Waals surface area contributed by atoms with E-state index in [1.165, 1.54) is 13.8 Å². The fourth-order valence-electron chi connectivity index (χ4n) is 1.31. The van der Waals surface area contributed by atoms with Crippen LogP contribution in [-0.4, -0.2) is 28.6 Å². The maximum Gasteiger partial charge on any atom is 0.306 e. The van der Waals surface area contributed by atoms with Gasteiger partial charge in [0.15, 0.2) is 0 Å². The third kappa shape index (κ3) is 8.91. The second-order valence-electron chi connectivity index (χ2n) is 5.70. The summed E-state index contributed by atoms with van der Waals surface area (Å²) in [4.78, 5) is 20.0. The van der Waals surface area contributed by atoms with E-state index in [1.54, 1.807) is 0 Å². The van der Waals surface area contributed by atoms with Crippen molar-refractivity contribution >= 4 is 11.9 Å². The van der Waals surface area contributed by atoms with E-state index in [0.29, 0.717) is 0 Å². The smallest absolute Gasteiger partial charge is 0.306 e. The number of hydrogen-bond donors (Lipinski definition) is 3. The van der Waals surface area contributed by atoms with Gasteiger partial charge in [-0.25, -0.2) is 0 Å². The van der Waals surface area contributed by atoms with E-state index < -0.39 is 30.7 Å². The van der Waals surface area contributed by atoms with Gasteiger partial charge >= 0.3 is 11.9 Å². The van der Waals surface area contributed by atoms with Crippen molar-refractivity contribution in [3.05, 3.63) is 0 Å². The van der Waals surface area contributed by atoms with Crippen LogP contribution in [0, 0.1) is 17.3 Å². The van der Waals surface area contributed by atoms with Crippen LogP contribution >= 0.6 is 0 Å². The molecule has 2 saturated carbocycles. The second-order valence-corrected chi connectivity index (χ2v) is 5.70. The molecule has 0 amide bonds. The number of carboxylic acid groups (broad SMARTS) is 2. The van der Waals surface area contributed by atoms with Gasteiger partial charge in [0.2, 0.25) is 0 Å². The van der Waals surface area contributed by atoms with Crippen LogP contribution in [0.2, 0.25) is 0 Å². The van der Waals surface area contributed by atoms with Crippen molar-refractivity contribution in [2.24, 2.45) is 23.0 Å². The summed E-state index contributed by atoms with van der Waals surface area (Å²) in [6, 6.07) is 0. The molecule has 0 aromatic carbocycles. The van der Waals surface area contributed by atoms with Gasteiger partial charge in [-0.1, -0.05) is 33.5 Å². The summed E-state index contributed by atoms with van der Waals surface area (Å²) >= 11 is 0. The van der Waals surface area contributed by atoms with Gasteiger partial charge in [-0.3, -0.25) is 9.59 Å². The molecule has 0 bridgehead atoms. The van der Waals surface area contributed by atoms with Crippen LogP contribution in [0.1, 0.15) is 66.1 Å². The lowest BCUT2D eigenvalue weighted by Gasteiger charge is -2.19. The molecule has 2 aliphatic carbocycles. The van der Waals surface area contributed by atoms with Crippen LogP contribution < -0.4 is 5.73 Å². The number of rotatable bonds is 2. The summed E-state index contributed by atoms with van der Waals surface area (Å²) in [7, 11) is 0. The summed E-state index contributed by atoms with van der Waals surface area (Å²) in [6.45, 7) is -1.97. The fourth-order valence-corrected chi connectivity index (χ4v) is 1.31. The quantitative estimate of drug-likeness (QED) is 0.726. The van der Waals surface area contributed by atoms with Gasteiger partial charge in [0.1, 0.15) is 0 Å². The topological polar surface area (TPSA) is 101 Å². The van der Waals surface area contributed by atoms with Gasteiger partial charge < -0.3 is 15.9 Å². The predicted octanol–water partition coefficient (Wildman–Crippen LogP) is 2.73. The maximum atomic E-state index is 9.98. The zero-order valence-electron chi connectivity index (χ0n) is 17.2. The van der Waals surface area contributed by atoms with Crippen molar-refractivity contribution < 1.29 is 26.7 Å². The van der Waals surface area contributed by atoms with Crippen LogP contribution in [0.3, 0.4) is 0 Å². The van der Waals surface area contributed by atoms with Gasteiger partial charge in [0.25, 0.3) is 0 Å². The van der Waals surface area contributed by atoms with Gasteiger partial charge in [-0.2, -0.15) is 0 Å². The number of aliphatic carboxylic acids is 2. The molecule has 2 rings (SSSR count). The van der Waals surface area contributed by atoms with E-state index >= 15 is 0 Å². The Morgan fingerprint density at radius 1 is 1.15 bits per heavy atom. The zero-order valence-corrected chi connectivity index (χ0v) is 12.2. The van der Waals surface area contributed by atoms with E-state index in [1.807, 2.05) is 0 Å². The molecule has 5 heteroatoms. The molecule has 0 aromatic heterocycles. The molecular formula is C15H29NO4. The average Bonchev–Trinajstić information content (AvgIpc) is 2.20. The highest BCUT2D eigenvalue weighted by atomic mass is 16.4. The Morgan fingerprint density at radius 3 is 1.50 bits per heavy atom. The predicted molar refractivity (Wildman–Crippen MR) is 78.5 cm³/mol. The van der Waals surface area contributed by atoms with E-state index in [-0.39, 0.29) is 11.8 Å². The van der Waals surface area contributed by atoms with Gasteiger partial charge in [0.05, 0.1) is 11.8 Å². The average molecular weight is 292 g/mol. The number of hydrogen-bond acceptors (Lipinski definition) is 3. The largest absolute Gasteiger partial charge is 0.481 e. The lowest BCUT2D eigenvalue weighted by Crippen LogP contribution is -2.20. The highest BCUT2D eigenvalue weighted by Crippen LogP contribution is 2.26. The number of carbonyl (C=O) groups is 2. The summed E-state index contributed by atoms with van der Waals surface area (Å²) in [5.74, 6) is -1.24. The summed E-state index contributed by atoms with van der Waals surface area (Å²) in [5, 5.41) is 16.5. The number of nitrogens with two attached hydrogens (primary N) is 1. The summed E-state index contributed by atoms with van der Waals surface area (Å²) < 4.78 is 35.2. The highest BCUT2D eigenvalue weighted by molar-refractivity contribution is 5.71. The monoisotopic (exact) mass is 292 g/mol. The molecule has 0 unspecified atom stereocenters. The first-order valence-corrected chi connectivity index (χ1v) is 6.85. The van der Waals surface area contributed by atoms with Crippen molar-refractivity contribution in [3.8, 4) is 0 Å². The van der Waals surface area contributed by atoms with Crippen LogP contribution in [-0.2, 0) is 9.59 Å². The minimum absolute atomic E-state index is 0.000000000000000444. The first-order chi connectivity index (χ1) is 11.1. The fraction of sp³-hybridized carbons (Fsp3) is 0.867. The first-order valence-electron chi connectivity index (χ1n) is 9.35. The molecule has 4 N–H and O–H groups in total. The molecule has 0 aromatic rings. The first kappa shape index (κ1) is 11.5. The molecule has 0 heterocycles. The van der Waals surface area contributed by atoms with Crippen molar-refractivity contribution in [1.82, 2.24) is 0 Å². The zero-order chi connectivity index (χ0) is 20.1. The SMILES string of the molecule is O=C(O)C1CCC1.O=C(O)C1CCC1.[2H]C([2H])([2H])C(C)(C)C([2H])([2H])N. The normalized spacial score (nSPS) is 23.4.